The molecule has 37 heavy (non-hydrogen) atoms. The number of rotatable bonds is 3. The van der Waals surface area contributed by atoms with Gasteiger partial charge in [0.05, 0.1) is 13.2 Å². The van der Waals surface area contributed by atoms with Crippen molar-refractivity contribution in [2.24, 2.45) is 4.99 Å². The highest BCUT2D eigenvalue weighted by Crippen LogP contribution is 2.51. The Labute approximate surface area is 217 Å². The predicted octanol–water partition coefficient (Wildman–Crippen LogP) is 4.39. The average Bonchev–Trinajstić information content (AvgIpc) is 3.22. The number of aliphatic imine (C=N–C) groups is 1. The molecule has 3 N–H and O–H groups in total. The molecule has 0 radical (unpaired) electrons. The first kappa shape index (κ1) is 27.1. The number of hydrogen-bond donors (Lipinski definition) is 2. The number of amides is 1. The summed E-state index contributed by atoms with van der Waals surface area (Å²) < 4.78 is 52.4. The summed E-state index contributed by atoms with van der Waals surface area (Å²) >= 11 is 0. The van der Waals surface area contributed by atoms with Crippen molar-refractivity contribution in [2.45, 2.75) is 68.6 Å². The molecule has 0 aliphatic carbocycles. The second kappa shape index (κ2) is 9.09. The van der Waals surface area contributed by atoms with Crippen LogP contribution in [0.25, 0.3) is 0 Å². The van der Waals surface area contributed by atoms with Crippen molar-refractivity contribution in [1.29, 1.82) is 0 Å². The number of sulfone groups is 1. The van der Waals surface area contributed by atoms with Crippen molar-refractivity contribution in [3.05, 3.63) is 65.0 Å². The Morgan fingerprint density at radius 1 is 1.22 bits per heavy atom. The van der Waals surface area contributed by atoms with Crippen LogP contribution in [0.4, 0.5) is 14.9 Å². The lowest BCUT2D eigenvalue weighted by molar-refractivity contribution is 0.0560. The quantitative estimate of drug-likeness (QED) is 0.567. The van der Waals surface area contributed by atoms with E-state index in [0.29, 0.717) is 11.3 Å². The minimum Gasteiger partial charge on any atom is -0.444 e. The third kappa shape index (κ3) is 4.50. The van der Waals surface area contributed by atoms with Crippen LogP contribution in [0.2, 0.25) is 0 Å². The van der Waals surface area contributed by atoms with Crippen LogP contribution in [0.3, 0.4) is 0 Å². The summed E-state index contributed by atoms with van der Waals surface area (Å²) in [6.45, 7) is 10.5. The zero-order valence-electron chi connectivity index (χ0n) is 22.0. The number of hydrogen-bond acceptors (Lipinski definition) is 7. The highest BCUT2D eigenvalue weighted by molar-refractivity contribution is 7.94. The molecule has 8 nitrogen and oxygen atoms in total. The predicted molar refractivity (Wildman–Crippen MR) is 141 cm³/mol. The van der Waals surface area contributed by atoms with Crippen LogP contribution in [-0.4, -0.2) is 44.4 Å². The minimum absolute atomic E-state index is 0.0148. The van der Waals surface area contributed by atoms with E-state index in [1.54, 1.807) is 32.9 Å². The molecule has 1 fully saturated rings. The van der Waals surface area contributed by atoms with Crippen molar-refractivity contribution in [3.63, 3.8) is 0 Å². The van der Waals surface area contributed by atoms with Gasteiger partial charge in [-0.3, -0.25) is 10.3 Å². The van der Waals surface area contributed by atoms with Gasteiger partial charge in [0, 0.05) is 5.69 Å². The lowest BCUT2D eigenvalue weighted by atomic mass is 9.81. The van der Waals surface area contributed by atoms with Crippen LogP contribution in [0.1, 0.15) is 64.2 Å². The van der Waals surface area contributed by atoms with Crippen molar-refractivity contribution in [3.8, 4) is 0 Å². The molecule has 2 heterocycles. The summed E-state index contributed by atoms with van der Waals surface area (Å²) in [6, 6.07) is 10.5. The van der Waals surface area contributed by atoms with Crippen LogP contribution in [0.5, 0.6) is 0 Å². The fourth-order valence-corrected chi connectivity index (χ4v) is 7.54. The lowest BCUT2D eigenvalue weighted by Gasteiger charge is -2.44. The second-order valence-electron chi connectivity index (χ2n) is 11.1. The summed E-state index contributed by atoms with van der Waals surface area (Å²) in [4.78, 5) is 18.0. The molecule has 2 aliphatic rings. The maximum atomic E-state index is 14.5. The molecule has 2 aliphatic heterocycles. The van der Waals surface area contributed by atoms with Crippen molar-refractivity contribution >= 4 is 27.5 Å². The number of carbonyl (C=O) groups excluding carboxylic acids is 1. The van der Waals surface area contributed by atoms with E-state index in [2.05, 4.69) is 5.32 Å². The molecule has 2 aromatic rings. The topological polar surface area (TPSA) is 120 Å². The van der Waals surface area contributed by atoms with Gasteiger partial charge < -0.3 is 15.2 Å². The molecule has 2 aromatic carbocycles. The second-order valence-corrected chi connectivity index (χ2v) is 13.6. The van der Waals surface area contributed by atoms with E-state index in [4.69, 9.17) is 20.2 Å². The number of nitrogens with two attached hydrogens (primary N) is 1. The third-order valence-electron chi connectivity index (χ3n) is 7.01. The van der Waals surface area contributed by atoms with Gasteiger partial charge in [-0.2, -0.15) is 0 Å². The van der Waals surface area contributed by atoms with Gasteiger partial charge in [0.15, 0.2) is 14.6 Å². The van der Waals surface area contributed by atoms with E-state index in [9.17, 15) is 17.6 Å². The summed E-state index contributed by atoms with van der Waals surface area (Å²) in [5.41, 5.74) is 6.22. The molecule has 10 heteroatoms. The Balaban J connectivity index is 2.02. The van der Waals surface area contributed by atoms with Gasteiger partial charge in [-0.1, -0.05) is 32.0 Å². The highest BCUT2D eigenvalue weighted by Gasteiger charge is 2.64. The third-order valence-corrected chi connectivity index (χ3v) is 9.85. The molecule has 3 atom stereocenters. The van der Waals surface area contributed by atoms with Gasteiger partial charge in [0.25, 0.3) is 0 Å². The van der Waals surface area contributed by atoms with E-state index < -0.39 is 42.9 Å². The van der Waals surface area contributed by atoms with Gasteiger partial charge in [0.1, 0.15) is 28.0 Å². The van der Waals surface area contributed by atoms with Crippen LogP contribution in [0.15, 0.2) is 47.5 Å². The smallest absolute Gasteiger partial charge is 0.413 e. The monoisotopic (exact) mass is 531 g/mol. The van der Waals surface area contributed by atoms with Gasteiger partial charge in [0.2, 0.25) is 0 Å². The number of nitrogen functional groups attached to an aromatic ring is 1. The molecular formula is C27H34FN3O5S. The van der Waals surface area contributed by atoms with E-state index in [0.717, 1.165) is 5.56 Å². The molecule has 0 aromatic heterocycles. The maximum absolute atomic E-state index is 14.5. The largest absolute Gasteiger partial charge is 0.444 e. The van der Waals surface area contributed by atoms with Gasteiger partial charge in [-0.25, -0.2) is 17.6 Å². The maximum Gasteiger partial charge on any atom is 0.413 e. The number of nitrogens with zero attached hydrogens (tertiary/aromatic N) is 1. The molecule has 0 saturated carbocycles. The van der Waals surface area contributed by atoms with Crippen LogP contribution >= 0.6 is 0 Å². The summed E-state index contributed by atoms with van der Waals surface area (Å²) in [5.74, 6) is -0.594. The molecule has 3 unspecified atom stereocenters. The lowest BCUT2D eigenvalue weighted by Crippen LogP contribution is -2.62. The number of halogens is 1. The fraction of sp³-hybridized carbons (Fsp3) is 0.481. The van der Waals surface area contributed by atoms with E-state index in [1.807, 2.05) is 19.9 Å². The molecule has 0 bridgehead atoms. The first-order chi connectivity index (χ1) is 17.1. The van der Waals surface area contributed by atoms with Gasteiger partial charge >= 0.3 is 6.09 Å². The first-order valence-corrected chi connectivity index (χ1v) is 13.7. The van der Waals surface area contributed by atoms with E-state index in [1.165, 1.54) is 31.2 Å². The number of anilines is 1. The van der Waals surface area contributed by atoms with Gasteiger partial charge in [-0.05, 0) is 74.6 Å². The summed E-state index contributed by atoms with van der Waals surface area (Å²) in [6.07, 6.45) is -0.848. The number of benzene rings is 2. The van der Waals surface area contributed by atoms with E-state index >= 15 is 0 Å². The number of nitrogens with one attached hydrogen (secondary N) is 1. The molecule has 1 amide bonds. The Morgan fingerprint density at radius 2 is 1.86 bits per heavy atom. The zero-order chi connectivity index (χ0) is 27.4. The molecule has 4 rings (SSSR count). The summed E-state index contributed by atoms with van der Waals surface area (Å²) in [5, 5.41) is 1.56. The number of alkyl carbamates (subject to hydrolysis) is 1. The molecule has 1 saturated heterocycles. The Bertz CT molecular complexity index is 1350. The van der Waals surface area contributed by atoms with Crippen LogP contribution in [-0.2, 0) is 29.6 Å². The SMILES string of the molecule is CC(C)c1ccc(N)cc1C12COCC1S(=O)(=O)C(C)(c1ccc(F)cc1)C(NC(=O)OC(C)(C)C)=N2. The number of fused-ring (bicyclic) bond motifs is 1. The Hall–Kier alpha value is -2.98. The van der Waals surface area contributed by atoms with Crippen LogP contribution < -0.4 is 11.1 Å². The first-order valence-electron chi connectivity index (χ1n) is 12.2. The van der Waals surface area contributed by atoms with Crippen molar-refractivity contribution in [2.75, 3.05) is 18.9 Å². The van der Waals surface area contributed by atoms with Crippen LogP contribution in [0, 0.1) is 5.82 Å². The normalized spacial score (nSPS) is 26.9. The highest BCUT2D eigenvalue weighted by atomic mass is 32.2. The number of amidine groups is 1. The molecule has 200 valence electrons. The molecule has 0 spiro atoms. The standard InChI is InChI=1S/C27H34FN3O5S/c1-16(2)20-12-11-19(29)13-21(20)27-15-35-14-22(27)37(33,34)26(6,17-7-9-18(28)10-8-17)23(31-27)30-24(32)36-25(3,4)5/h7-13,16,22H,14-15,29H2,1-6H3,(H,30,31,32). The Morgan fingerprint density at radius 3 is 2.46 bits per heavy atom. The Kier molecular flexibility index (Phi) is 6.65. The van der Waals surface area contributed by atoms with Crippen molar-refractivity contribution in [1.82, 2.24) is 5.32 Å². The van der Waals surface area contributed by atoms with E-state index in [-0.39, 0.29) is 30.5 Å². The number of carbonyl (C=O) groups is 1. The minimum atomic E-state index is -4.16. The fourth-order valence-electron chi connectivity index (χ4n) is 5.11. The zero-order valence-corrected chi connectivity index (χ0v) is 22.8. The number of ether oxygens (including phenoxy) is 2. The average molecular weight is 532 g/mol. The molecular weight excluding hydrogens is 497 g/mol. The van der Waals surface area contributed by atoms with Gasteiger partial charge in [-0.15, -0.1) is 0 Å². The summed E-state index contributed by atoms with van der Waals surface area (Å²) in [7, 11) is -4.16. The van der Waals surface area contributed by atoms with Crippen molar-refractivity contribution < 1.29 is 27.1 Å².